The Morgan fingerprint density at radius 2 is 2.19 bits per heavy atom. The highest BCUT2D eigenvalue weighted by molar-refractivity contribution is 5.73. The van der Waals surface area contributed by atoms with E-state index in [0.717, 1.165) is 6.07 Å². The summed E-state index contributed by atoms with van der Waals surface area (Å²) in [5, 5.41) is 0. The first-order valence-electron chi connectivity index (χ1n) is 4.78. The first kappa shape index (κ1) is 12.4. The van der Waals surface area contributed by atoms with Crippen molar-refractivity contribution in [3.63, 3.8) is 0 Å². The molecule has 0 amide bonds. The summed E-state index contributed by atoms with van der Waals surface area (Å²) in [6.45, 7) is 3.19. The molecule has 1 atom stereocenters. The molecule has 16 heavy (non-hydrogen) atoms. The number of rotatable bonds is 4. The lowest BCUT2D eigenvalue weighted by Gasteiger charge is -2.12. The zero-order chi connectivity index (χ0) is 12.1. The van der Waals surface area contributed by atoms with Gasteiger partial charge in [-0.15, -0.1) is 0 Å². The molecular weight excluding hydrogens is 218 g/mol. The zero-order valence-corrected chi connectivity index (χ0v) is 9.00. The normalized spacial score (nSPS) is 12.0. The minimum absolute atomic E-state index is 0.0744. The molecule has 5 heteroatoms. The van der Waals surface area contributed by atoms with E-state index in [1.165, 1.54) is 12.1 Å². The number of hydrogen-bond donors (Lipinski definition) is 0. The van der Waals surface area contributed by atoms with E-state index in [1.54, 1.807) is 13.8 Å². The molecule has 1 rings (SSSR count). The minimum atomic E-state index is -2.19. The Hall–Kier alpha value is -1.65. The van der Waals surface area contributed by atoms with E-state index < -0.39 is 18.1 Å². The SMILES string of the molecule is CCOC(=O)C(F)Oc1ccc(F)cc1C. The van der Waals surface area contributed by atoms with E-state index in [4.69, 9.17) is 4.74 Å². The van der Waals surface area contributed by atoms with E-state index >= 15 is 0 Å². The molecule has 3 nitrogen and oxygen atoms in total. The Kier molecular flexibility index (Phi) is 4.22. The van der Waals surface area contributed by atoms with Crippen molar-refractivity contribution in [1.82, 2.24) is 0 Å². The van der Waals surface area contributed by atoms with Crippen LogP contribution >= 0.6 is 0 Å². The van der Waals surface area contributed by atoms with Crippen molar-refractivity contribution < 1.29 is 23.0 Å². The lowest BCUT2D eigenvalue weighted by atomic mass is 10.2. The van der Waals surface area contributed by atoms with Gasteiger partial charge in [0.25, 0.3) is 0 Å². The number of benzene rings is 1. The van der Waals surface area contributed by atoms with Crippen molar-refractivity contribution in [3.05, 3.63) is 29.6 Å². The summed E-state index contributed by atoms with van der Waals surface area (Å²) in [4.78, 5) is 10.9. The van der Waals surface area contributed by atoms with Gasteiger partial charge in [-0.05, 0) is 37.6 Å². The predicted octanol–water partition coefficient (Wildman–Crippen LogP) is 2.37. The third-order valence-electron chi connectivity index (χ3n) is 1.84. The lowest BCUT2D eigenvalue weighted by Crippen LogP contribution is -2.25. The molecule has 0 N–H and O–H groups in total. The zero-order valence-electron chi connectivity index (χ0n) is 9.00. The number of alkyl halides is 1. The highest BCUT2D eigenvalue weighted by Gasteiger charge is 2.21. The molecule has 0 saturated heterocycles. The van der Waals surface area contributed by atoms with Crippen molar-refractivity contribution in [1.29, 1.82) is 0 Å². The van der Waals surface area contributed by atoms with Gasteiger partial charge in [0.15, 0.2) is 0 Å². The van der Waals surface area contributed by atoms with Gasteiger partial charge in [-0.2, -0.15) is 4.39 Å². The first-order valence-corrected chi connectivity index (χ1v) is 4.78. The van der Waals surface area contributed by atoms with E-state index in [-0.39, 0.29) is 12.4 Å². The lowest BCUT2D eigenvalue weighted by molar-refractivity contribution is -0.159. The Morgan fingerprint density at radius 3 is 2.75 bits per heavy atom. The maximum atomic E-state index is 13.2. The third-order valence-corrected chi connectivity index (χ3v) is 1.84. The molecule has 0 saturated carbocycles. The molecule has 0 aliphatic heterocycles. The van der Waals surface area contributed by atoms with E-state index in [0.29, 0.717) is 5.56 Å². The van der Waals surface area contributed by atoms with Crippen LogP contribution < -0.4 is 4.74 Å². The second kappa shape index (κ2) is 5.44. The molecule has 0 heterocycles. The highest BCUT2D eigenvalue weighted by atomic mass is 19.1. The maximum Gasteiger partial charge on any atom is 0.381 e. The van der Waals surface area contributed by atoms with Gasteiger partial charge in [-0.1, -0.05) is 0 Å². The van der Waals surface area contributed by atoms with Crippen LogP contribution in [0.1, 0.15) is 12.5 Å². The van der Waals surface area contributed by atoms with E-state index in [1.807, 2.05) is 0 Å². The van der Waals surface area contributed by atoms with Gasteiger partial charge in [0.05, 0.1) is 6.61 Å². The van der Waals surface area contributed by atoms with Crippen LogP contribution in [0.5, 0.6) is 5.75 Å². The quantitative estimate of drug-likeness (QED) is 0.745. The molecule has 0 fully saturated rings. The number of aryl methyl sites for hydroxylation is 1. The largest absolute Gasteiger partial charge is 0.461 e. The number of esters is 1. The average molecular weight is 230 g/mol. The van der Waals surface area contributed by atoms with E-state index in [9.17, 15) is 13.6 Å². The number of hydrogen-bond acceptors (Lipinski definition) is 3. The summed E-state index contributed by atoms with van der Waals surface area (Å²) >= 11 is 0. The number of halogens is 2. The van der Waals surface area contributed by atoms with Gasteiger partial charge >= 0.3 is 12.3 Å². The molecular formula is C11H12F2O3. The van der Waals surface area contributed by atoms with Gasteiger partial charge in [-0.3, -0.25) is 0 Å². The molecule has 1 aromatic carbocycles. The molecule has 1 unspecified atom stereocenters. The smallest absolute Gasteiger partial charge is 0.381 e. The molecule has 0 aliphatic rings. The molecule has 0 spiro atoms. The molecule has 0 aromatic heterocycles. The second-order valence-electron chi connectivity index (χ2n) is 3.10. The van der Waals surface area contributed by atoms with Gasteiger partial charge < -0.3 is 9.47 Å². The van der Waals surface area contributed by atoms with Crippen LogP contribution in [0.15, 0.2) is 18.2 Å². The van der Waals surface area contributed by atoms with Gasteiger partial charge in [0, 0.05) is 0 Å². The van der Waals surface area contributed by atoms with Crippen LogP contribution in [0.25, 0.3) is 0 Å². The van der Waals surface area contributed by atoms with Crippen LogP contribution in [0.2, 0.25) is 0 Å². The van der Waals surface area contributed by atoms with Crippen molar-refractivity contribution in [3.8, 4) is 5.75 Å². The Bertz CT molecular complexity index is 379. The van der Waals surface area contributed by atoms with Crippen molar-refractivity contribution >= 4 is 5.97 Å². The Balaban J connectivity index is 2.69. The average Bonchev–Trinajstić information content (AvgIpc) is 2.22. The van der Waals surface area contributed by atoms with Crippen LogP contribution in [-0.2, 0) is 9.53 Å². The maximum absolute atomic E-state index is 13.2. The second-order valence-corrected chi connectivity index (χ2v) is 3.10. The van der Waals surface area contributed by atoms with Gasteiger partial charge in [-0.25, -0.2) is 9.18 Å². The standard InChI is InChI=1S/C11H12F2O3/c1-3-15-11(14)10(13)16-9-5-4-8(12)6-7(9)2/h4-6,10H,3H2,1-2H3. The van der Waals surface area contributed by atoms with Crippen molar-refractivity contribution in [2.45, 2.75) is 20.2 Å². The molecule has 0 aliphatic carbocycles. The third kappa shape index (κ3) is 3.18. The number of carbonyl (C=O) groups is 1. The fourth-order valence-corrected chi connectivity index (χ4v) is 1.11. The Morgan fingerprint density at radius 1 is 1.50 bits per heavy atom. The topological polar surface area (TPSA) is 35.5 Å². The van der Waals surface area contributed by atoms with Crippen LogP contribution in [0, 0.1) is 12.7 Å². The van der Waals surface area contributed by atoms with Crippen molar-refractivity contribution in [2.75, 3.05) is 6.61 Å². The summed E-state index contributed by atoms with van der Waals surface area (Å²) in [6.07, 6.45) is -2.19. The molecule has 88 valence electrons. The summed E-state index contributed by atoms with van der Waals surface area (Å²) in [7, 11) is 0. The highest BCUT2D eigenvalue weighted by Crippen LogP contribution is 2.20. The van der Waals surface area contributed by atoms with Crippen LogP contribution in [0.4, 0.5) is 8.78 Å². The molecule has 0 radical (unpaired) electrons. The summed E-state index contributed by atoms with van der Waals surface area (Å²) in [5.41, 5.74) is 0.409. The monoisotopic (exact) mass is 230 g/mol. The Labute approximate surface area is 92.0 Å². The molecule has 0 bridgehead atoms. The fraction of sp³-hybridized carbons (Fsp3) is 0.364. The number of carbonyl (C=O) groups excluding carboxylic acids is 1. The van der Waals surface area contributed by atoms with Crippen LogP contribution in [0.3, 0.4) is 0 Å². The van der Waals surface area contributed by atoms with Crippen molar-refractivity contribution in [2.24, 2.45) is 0 Å². The minimum Gasteiger partial charge on any atom is -0.461 e. The first-order chi connectivity index (χ1) is 7.54. The van der Waals surface area contributed by atoms with Gasteiger partial charge in [0.2, 0.25) is 0 Å². The number of ether oxygens (including phenoxy) is 2. The van der Waals surface area contributed by atoms with Crippen LogP contribution in [-0.4, -0.2) is 18.9 Å². The molecule has 1 aromatic rings. The van der Waals surface area contributed by atoms with E-state index in [2.05, 4.69) is 4.74 Å². The fourth-order valence-electron chi connectivity index (χ4n) is 1.11. The summed E-state index contributed by atoms with van der Waals surface area (Å²) < 4.78 is 35.0. The summed E-state index contributed by atoms with van der Waals surface area (Å²) in [5.74, 6) is -1.43. The summed E-state index contributed by atoms with van der Waals surface area (Å²) in [6, 6.07) is 3.57. The predicted molar refractivity (Wildman–Crippen MR) is 53.3 cm³/mol. The van der Waals surface area contributed by atoms with Gasteiger partial charge in [0.1, 0.15) is 11.6 Å².